The third-order valence-electron chi connectivity index (χ3n) is 2.67. The summed E-state index contributed by atoms with van der Waals surface area (Å²) < 4.78 is 46.2. The highest BCUT2D eigenvalue weighted by molar-refractivity contribution is 7.92. The van der Waals surface area contributed by atoms with Gasteiger partial charge in [-0.3, -0.25) is 8.93 Å². The molecule has 0 aliphatic heterocycles. The van der Waals surface area contributed by atoms with Crippen molar-refractivity contribution in [1.82, 2.24) is 9.62 Å². The first kappa shape index (κ1) is 22.0. The molecule has 0 aromatic heterocycles. The number of nitrogens with one attached hydrogen (secondary N) is 2. The fourth-order valence-electron chi connectivity index (χ4n) is 1.57. The van der Waals surface area contributed by atoms with E-state index in [0.717, 1.165) is 25.6 Å². The van der Waals surface area contributed by atoms with E-state index < -0.39 is 21.3 Å². The summed E-state index contributed by atoms with van der Waals surface area (Å²) in [5, 5.41) is 0. The number of benzene rings is 1. The molecule has 0 aliphatic rings. The lowest BCUT2D eigenvalue weighted by Crippen LogP contribution is -2.22. The standard InChI is InChI=1S/C9H13NO2S.C5H14N2O2S/c1-3-8-4-6-9(7-5-8)10-13(2,11)12;1-7(2)5-3-4-6-10(8)9/h4-7,10H,3H2,1-2H3;6H,3-5H2,1-2H3,(H,8,9)/p-1. The van der Waals surface area contributed by atoms with Crippen LogP contribution in [0.25, 0.3) is 0 Å². The second-order valence-corrected chi connectivity index (χ2v) is 7.72. The lowest BCUT2D eigenvalue weighted by atomic mass is 10.2. The van der Waals surface area contributed by atoms with E-state index in [1.165, 1.54) is 5.56 Å². The summed E-state index contributed by atoms with van der Waals surface area (Å²) >= 11 is -2.10. The quantitative estimate of drug-likeness (QED) is 0.528. The van der Waals surface area contributed by atoms with Gasteiger partial charge in [0, 0.05) is 23.5 Å². The van der Waals surface area contributed by atoms with Gasteiger partial charge in [-0.1, -0.05) is 19.1 Å². The molecule has 1 aromatic rings. The smallest absolute Gasteiger partial charge is 0.229 e. The molecular formula is C14H26N3O4S2-. The normalized spacial score (nSPS) is 12.4. The van der Waals surface area contributed by atoms with E-state index in [1.807, 2.05) is 31.1 Å². The van der Waals surface area contributed by atoms with Gasteiger partial charge in [0.05, 0.1) is 6.26 Å². The SMILES string of the molecule is CCc1ccc(NS(C)(=O)=O)cc1.CN(C)CCCNS(=O)[O-]. The highest BCUT2D eigenvalue weighted by Crippen LogP contribution is 2.10. The van der Waals surface area contributed by atoms with Crippen LogP contribution in [0.1, 0.15) is 18.9 Å². The van der Waals surface area contributed by atoms with Crippen LogP contribution in [0.4, 0.5) is 5.69 Å². The summed E-state index contributed by atoms with van der Waals surface area (Å²) in [7, 11) is 0.758. The van der Waals surface area contributed by atoms with E-state index in [9.17, 15) is 17.2 Å². The highest BCUT2D eigenvalue weighted by Gasteiger charge is 2.00. The fourth-order valence-corrected chi connectivity index (χ4v) is 2.45. The third-order valence-corrected chi connectivity index (χ3v) is 3.71. The Bertz CT molecular complexity index is 560. The Morgan fingerprint density at radius 1 is 1.22 bits per heavy atom. The first-order chi connectivity index (χ1) is 10.6. The van der Waals surface area contributed by atoms with Crippen molar-refractivity contribution < 1.29 is 17.2 Å². The van der Waals surface area contributed by atoms with Gasteiger partial charge in [0.2, 0.25) is 10.0 Å². The largest absolute Gasteiger partial charge is 0.760 e. The van der Waals surface area contributed by atoms with Crippen LogP contribution < -0.4 is 9.44 Å². The van der Waals surface area contributed by atoms with Crippen molar-refractivity contribution in [3.63, 3.8) is 0 Å². The van der Waals surface area contributed by atoms with Crippen LogP contribution in [0.3, 0.4) is 0 Å². The van der Waals surface area contributed by atoms with Crippen molar-refractivity contribution in [3.05, 3.63) is 29.8 Å². The molecule has 23 heavy (non-hydrogen) atoms. The topological polar surface area (TPSA) is 102 Å². The second kappa shape index (κ2) is 11.5. The van der Waals surface area contributed by atoms with Gasteiger partial charge in [-0.15, -0.1) is 0 Å². The molecule has 2 N–H and O–H groups in total. The number of hydrogen-bond acceptors (Lipinski definition) is 5. The molecule has 0 saturated heterocycles. The van der Waals surface area contributed by atoms with Crippen molar-refractivity contribution in [1.29, 1.82) is 0 Å². The minimum atomic E-state index is -3.15. The molecule has 1 unspecified atom stereocenters. The van der Waals surface area contributed by atoms with Gasteiger partial charge in [0.1, 0.15) is 0 Å². The first-order valence-electron chi connectivity index (χ1n) is 7.18. The predicted molar refractivity (Wildman–Crippen MR) is 94.4 cm³/mol. The third kappa shape index (κ3) is 14.3. The van der Waals surface area contributed by atoms with E-state index in [1.54, 1.807) is 12.1 Å². The van der Waals surface area contributed by atoms with Gasteiger partial charge < -0.3 is 9.45 Å². The molecule has 0 aliphatic carbocycles. The molecule has 0 bridgehead atoms. The van der Waals surface area contributed by atoms with Gasteiger partial charge in [-0.2, -0.15) is 0 Å². The summed E-state index contributed by atoms with van der Waals surface area (Å²) in [6.07, 6.45) is 2.95. The Balaban J connectivity index is 0.000000438. The van der Waals surface area contributed by atoms with E-state index in [-0.39, 0.29) is 0 Å². The van der Waals surface area contributed by atoms with E-state index >= 15 is 0 Å². The predicted octanol–water partition coefficient (Wildman–Crippen LogP) is 0.942. The van der Waals surface area contributed by atoms with Crippen molar-refractivity contribution in [3.8, 4) is 0 Å². The van der Waals surface area contributed by atoms with Crippen LogP contribution in [0.15, 0.2) is 24.3 Å². The number of anilines is 1. The molecule has 134 valence electrons. The Hall–Kier alpha value is -1.00. The summed E-state index contributed by atoms with van der Waals surface area (Å²) in [5.74, 6) is 0. The molecule has 9 heteroatoms. The Labute approximate surface area is 141 Å². The fraction of sp³-hybridized carbons (Fsp3) is 0.571. The molecule has 0 saturated carbocycles. The Morgan fingerprint density at radius 3 is 2.17 bits per heavy atom. The van der Waals surface area contributed by atoms with Crippen molar-refractivity contribution in [2.75, 3.05) is 38.2 Å². The highest BCUT2D eigenvalue weighted by atomic mass is 32.2. The molecule has 7 nitrogen and oxygen atoms in total. The van der Waals surface area contributed by atoms with E-state index in [4.69, 9.17) is 0 Å². The summed E-state index contributed by atoms with van der Waals surface area (Å²) in [4.78, 5) is 2.01. The number of rotatable bonds is 8. The average molecular weight is 365 g/mol. The van der Waals surface area contributed by atoms with Gasteiger partial charge in [-0.25, -0.2) is 13.1 Å². The van der Waals surface area contributed by atoms with Gasteiger partial charge in [0.25, 0.3) is 0 Å². The number of nitrogens with zero attached hydrogens (tertiary/aromatic N) is 1. The zero-order valence-electron chi connectivity index (χ0n) is 14.0. The number of aryl methyl sites for hydroxylation is 1. The van der Waals surface area contributed by atoms with Crippen LogP contribution in [0, 0.1) is 0 Å². The molecule has 0 amide bonds. The molecule has 1 aromatic carbocycles. The Kier molecular flexibility index (Phi) is 11.0. The first-order valence-corrected chi connectivity index (χ1v) is 10.1. The van der Waals surface area contributed by atoms with Crippen LogP contribution in [-0.4, -0.2) is 55.5 Å². The lowest BCUT2D eigenvalue weighted by molar-refractivity contribution is 0.399. The minimum absolute atomic E-state index is 0.522. The van der Waals surface area contributed by atoms with Gasteiger partial charge in [0.15, 0.2) is 0 Å². The zero-order chi connectivity index (χ0) is 17.9. The van der Waals surface area contributed by atoms with Crippen LogP contribution in [0.5, 0.6) is 0 Å². The maximum Gasteiger partial charge on any atom is 0.229 e. The summed E-state index contributed by atoms with van der Waals surface area (Å²) in [6.45, 7) is 3.48. The van der Waals surface area contributed by atoms with Crippen LogP contribution in [0.2, 0.25) is 0 Å². The second-order valence-electron chi connectivity index (χ2n) is 5.21. The zero-order valence-corrected chi connectivity index (χ0v) is 15.7. The Morgan fingerprint density at radius 2 is 1.78 bits per heavy atom. The summed E-state index contributed by atoms with van der Waals surface area (Å²) in [6, 6.07) is 7.35. The molecular weight excluding hydrogens is 338 g/mol. The number of hydrogen-bond donors (Lipinski definition) is 2. The van der Waals surface area contributed by atoms with E-state index in [0.29, 0.717) is 12.2 Å². The van der Waals surface area contributed by atoms with Gasteiger partial charge >= 0.3 is 0 Å². The summed E-state index contributed by atoms with van der Waals surface area (Å²) in [5.41, 5.74) is 1.80. The maximum absolute atomic E-state index is 10.8. The molecule has 0 spiro atoms. The average Bonchev–Trinajstić information content (AvgIpc) is 2.43. The van der Waals surface area contributed by atoms with E-state index in [2.05, 4.69) is 16.4 Å². The molecule has 0 heterocycles. The van der Waals surface area contributed by atoms with Crippen LogP contribution in [-0.2, 0) is 27.7 Å². The molecule has 0 fully saturated rings. The molecule has 1 rings (SSSR count). The monoisotopic (exact) mass is 364 g/mol. The van der Waals surface area contributed by atoms with Crippen LogP contribution >= 0.6 is 0 Å². The number of sulfonamides is 1. The lowest BCUT2D eigenvalue weighted by Gasteiger charge is -2.10. The molecule has 1 atom stereocenters. The van der Waals surface area contributed by atoms with Crippen molar-refractivity contribution in [2.45, 2.75) is 19.8 Å². The van der Waals surface area contributed by atoms with Crippen molar-refractivity contribution >= 4 is 27.0 Å². The van der Waals surface area contributed by atoms with Gasteiger partial charge in [-0.05, 0) is 51.2 Å². The molecule has 0 radical (unpaired) electrons. The maximum atomic E-state index is 10.8. The van der Waals surface area contributed by atoms with Crippen molar-refractivity contribution in [2.24, 2.45) is 0 Å². The minimum Gasteiger partial charge on any atom is -0.760 e.